The number of carbonyl (C=O) groups excluding carboxylic acids is 2. The highest BCUT2D eigenvalue weighted by Gasteiger charge is 2.42. The minimum absolute atomic E-state index is 0.0570. The summed E-state index contributed by atoms with van der Waals surface area (Å²) >= 11 is 5.68. The molecule has 1 aromatic rings. The van der Waals surface area contributed by atoms with E-state index < -0.39 is 17.4 Å². The Morgan fingerprint density at radius 3 is 2.61 bits per heavy atom. The van der Waals surface area contributed by atoms with Crippen LogP contribution in [0.1, 0.15) is 13.8 Å². The molecule has 18 heavy (non-hydrogen) atoms. The van der Waals surface area contributed by atoms with Crippen LogP contribution in [-0.4, -0.2) is 38.8 Å². The fourth-order valence-electron chi connectivity index (χ4n) is 1.58. The van der Waals surface area contributed by atoms with Crippen LogP contribution in [0.2, 0.25) is 5.28 Å². The summed E-state index contributed by atoms with van der Waals surface area (Å²) in [6.45, 7) is 3.23. The molecule has 0 spiro atoms. The van der Waals surface area contributed by atoms with Gasteiger partial charge in [-0.25, -0.2) is 0 Å². The predicted molar refractivity (Wildman–Crippen MR) is 63.8 cm³/mol. The molecule has 0 aliphatic carbocycles. The fraction of sp³-hybridized carbons (Fsp3) is 0.444. The maximum absolute atomic E-state index is 11.8. The largest absolute Gasteiger partial charge is 0.368 e. The lowest BCUT2D eigenvalue weighted by Crippen LogP contribution is -2.64. The van der Waals surface area contributed by atoms with Crippen molar-refractivity contribution >= 4 is 35.3 Å². The molecule has 0 unspecified atom stereocenters. The highest BCUT2D eigenvalue weighted by atomic mass is 35.5. The summed E-state index contributed by atoms with van der Waals surface area (Å²) in [7, 11) is 0. The maximum Gasteiger partial charge on any atom is 0.252 e. The normalized spacial score (nSPS) is 18.7. The quantitative estimate of drug-likeness (QED) is 0.652. The minimum atomic E-state index is -0.981. The molecule has 2 rings (SSSR count). The number of rotatable bonds is 1. The van der Waals surface area contributed by atoms with Crippen LogP contribution in [0.3, 0.4) is 0 Å². The van der Waals surface area contributed by atoms with E-state index in [0.717, 1.165) is 0 Å². The summed E-state index contributed by atoms with van der Waals surface area (Å²) < 4.78 is 0. The van der Waals surface area contributed by atoms with Crippen molar-refractivity contribution in [2.75, 3.05) is 17.2 Å². The molecule has 0 atom stereocenters. The molecular weight excluding hydrogens is 260 g/mol. The first kappa shape index (κ1) is 12.5. The zero-order valence-corrected chi connectivity index (χ0v) is 10.5. The minimum Gasteiger partial charge on any atom is -0.368 e. The number of anilines is 2. The van der Waals surface area contributed by atoms with Gasteiger partial charge in [0.25, 0.3) is 5.91 Å². The van der Waals surface area contributed by atoms with Crippen LogP contribution in [-0.2, 0) is 9.59 Å². The van der Waals surface area contributed by atoms with Crippen molar-refractivity contribution in [2.45, 2.75) is 19.4 Å². The predicted octanol–water partition coefficient (Wildman–Crippen LogP) is -0.651. The second-order valence-corrected chi connectivity index (χ2v) is 4.62. The Bertz CT molecular complexity index is 512. The highest BCUT2D eigenvalue weighted by molar-refractivity contribution is 6.28. The molecule has 0 aromatic carbocycles. The van der Waals surface area contributed by atoms with E-state index in [-0.39, 0.29) is 23.7 Å². The molecule has 1 fully saturated rings. The van der Waals surface area contributed by atoms with Crippen LogP contribution in [0.25, 0.3) is 0 Å². The van der Waals surface area contributed by atoms with Gasteiger partial charge in [-0.05, 0) is 25.4 Å². The Labute approximate surface area is 108 Å². The van der Waals surface area contributed by atoms with Gasteiger partial charge in [-0.15, -0.1) is 0 Å². The second-order valence-electron chi connectivity index (χ2n) is 4.29. The summed E-state index contributed by atoms with van der Waals surface area (Å²) in [5.41, 5.74) is 4.48. The third kappa shape index (κ3) is 2.06. The van der Waals surface area contributed by atoms with Gasteiger partial charge in [0.1, 0.15) is 12.1 Å². The van der Waals surface area contributed by atoms with Gasteiger partial charge in [0, 0.05) is 0 Å². The van der Waals surface area contributed by atoms with Gasteiger partial charge in [-0.1, -0.05) is 0 Å². The molecule has 96 valence electrons. The molecule has 0 radical (unpaired) electrons. The first-order valence-electron chi connectivity index (χ1n) is 5.09. The Morgan fingerprint density at radius 1 is 1.33 bits per heavy atom. The van der Waals surface area contributed by atoms with Crippen LogP contribution in [0.15, 0.2) is 0 Å². The van der Waals surface area contributed by atoms with Crippen molar-refractivity contribution in [1.82, 2.24) is 20.3 Å². The van der Waals surface area contributed by atoms with Gasteiger partial charge in [-0.3, -0.25) is 14.9 Å². The molecule has 1 aliphatic heterocycles. The van der Waals surface area contributed by atoms with Crippen LogP contribution in [0.4, 0.5) is 11.9 Å². The van der Waals surface area contributed by atoms with Gasteiger partial charge >= 0.3 is 0 Å². The number of carbonyl (C=O) groups is 2. The molecule has 1 aliphatic rings. The van der Waals surface area contributed by atoms with Crippen molar-refractivity contribution in [3.8, 4) is 0 Å². The van der Waals surface area contributed by atoms with Crippen molar-refractivity contribution in [1.29, 1.82) is 0 Å². The standard InChI is InChI=1S/C9H11ClN6O2/c1-9(2)5(18)12-4(17)3-16(9)8-14-6(10)13-7(11)15-8/h3H2,1-2H3,(H,12,17,18)(H2,11,13,14,15). The van der Waals surface area contributed by atoms with E-state index in [9.17, 15) is 9.59 Å². The van der Waals surface area contributed by atoms with Crippen LogP contribution in [0.5, 0.6) is 0 Å². The zero-order chi connectivity index (χ0) is 13.5. The monoisotopic (exact) mass is 270 g/mol. The lowest BCUT2D eigenvalue weighted by atomic mass is 9.99. The van der Waals surface area contributed by atoms with Crippen LogP contribution in [0, 0.1) is 0 Å². The van der Waals surface area contributed by atoms with Gasteiger partial charge in [-0.2, -0.15) is 15.0 Å². The Morgan fingerprint density at radius 2 is 2.00 bits per heavy atom. The first-order chi connectivity index (χ1) is 8.30. The van der Waals surface area contributed by atoms with Crippen molar-refractivity contribution < 1.29 is 9.59 Å². The lowest BCUT2D eigenvalue weighted by Gasteiger charge is -2.39. The van der Waals surface area contributed by atoms with Crippen molar-refractivity contribution in [3.05, 3.63) is 5.28 Å². The van der Waals surface area contributed by atoms with Crippen LogP contribution < -0.4 is 16.0 Å². The summed E-state index contributed by atoms with van der Waals surface area (Å²) in [4.78, 5) is 36.0. The third-order valence-corrected chi connectivity index (χ3v) is 2.81. The topological polar surface area (TPSA) is 114 Å². The smallest absolute Gasteiger partial charge is 0.252 e. The number of hydrogen-bond donors (Lipinski definition) is 2. The fourth-order valence-corrected chi connectivity index (χ4v) is 1.74. The number of nitrogens with two attached hydrogens (primary N) is 1. The van der Waals surface area contributed by atoms with Crippen LogP contribution >= 0.6 is 11.6 Å². The molecule has 2 amide bonds. The Balaban J connectivity index is 2.46. The molecule has 0 bridgehead atoms. The molecule has 0 saturated carbocycles. The summed E-state index contributed by atoms with van der Waals surface area (Å²) in [5.74, 6) is -0.844. The molecule has 1 saturated heterocycles. The summed E-state index contributed by atoms with van der Waals surface area (Å²) in [5, 5.41) is 2.15. The average Bonchev–Trinajstić information content (AvgIpc) is 2.22. The highest BCUT2D eigenvalue weighted by Crippen LogP contribution is 2.24. The van der Waals surface area contributed by atoms with Crippen molar-refractivity contribution in [2.24, 2.45) is 0 Å². The molecule has 2 heterocycles. The number of piperazine rings is 1. The van der Waals surface area contributed by atoms with Crippen molar-refractivity contribution in [3.63, 3.8) is 0 Å². The molecule has 1 aromatic heterocycles. The number of imide groups is 1. The third-order valence-electron chi connectivity index (χ3n) is 2.64. The first-order valence-corrected chi connectivity index (χ1v) is 5.47. The average molecular weight is 271 g/mol. The van der Waals surface area contributed by atoms with E-state index in [1.165, 1.54) is 4.90 Å². The number of aromatic nitrogens is 3. The van der Waals surface area contributed by atoms with E-state index in [1.54, 1.807) is 13.8 Å². The Kier molecular flexibility index (Phi) is 2.81. The number of hydrogen-bond acceptors (Lipinski definition) is 7. The molecular formula is C9H11ClN6O2. The zero-order valence-electron chi connectivity index (χ0n) is 9.77. The van der Waals surface area contributed by atoms with E-state index in [1.807, 2.05) is 0 Å². The summed E-state index contributed by atoms with van der Waals surface area (Å²) in [6.07, 6.45) is 0. The number of amides is 2. The molecule has 3 N–H and O–H groups in total. The molecule has 8 nitrogen and oxygen atoms in total. The number of nitrogens with one attached hydrogen (secondary N) is 1. The van der Waals surface area contributed by atoms with Gasteiger partial charge < -0.3 is 10.6 Å². The number of halogens is 1. The van der Waals surface area contributed by atoms with Gasteiger partial charge in [0.2, 0.25) is 23.1 Å². The van der Waals surface area contributed by atoms with E-state index in [0.29, 0.717) is 0 Å². The second kappa shape index (κ2) is 4.05. The van der Waals surface area contributed by atoms with E-state index in [2.05, 4.69) is 20.3 Å². The summed E-state index contributed by atoms with van der Waals surface area (Å²) in [6, 6.07) is 0. The van der Waals surface area contributed by atoms with Gasteiger partial charge in [0.05, 0.1) is 0 Å². The van der Waals surface area contributed by atoms with Gasteiger partial charge in [0.15, 0.2) is 0 Å². The maximum atomic E-state index is 11.8. The Hall–Kier alpha value is -1.96. The number of nitrogen functional groups attached to an aromatic ring is 1. The SMILES string of the molecule is CC1(C)C(=O)NC(=O)CN1c1nc(N)nc(Cl)n1. The lowest BCUT2D eigenvalue weighted by molar-refractivity contribution is -0.135. The van der Waals surface area contributed by atoms with E-state index >= 15 is 0 Å². The van der Waals surface area contributed by atoms with E-state index in [4.69, 9.17) is 17.3 Å². The number of nitrogens with zero attached hydrogens (tertiary/aromatic N) is 4. The molecule has 9 heteroatoms.